The van der Waals surface area contributed by atoms with Crippen LogP contribution in [0.3, 0.4) is 0 Å². The number of guanidine groups is 1. The molecular formula is C21H35IN6O. The number of amides is 1. The lowest BCUT2D eigenvalue weighted by atomic mass is 10.1. The number of benzene rings is 1. The van der Waals surface area contributed by atoms with Crippen molar-refractivity contribution in [2.75, 3.05) is 39.8 Å². The molecule has 0 aromatic heterocycles. The number of nitrogens with one attached hydrogen (secondary N) is 2. The van der Waals surface area contributed by atoms with Gasteiger partial charge in [-0.1, -0.05) is 30.3 Å². The number of hydrogen-bond acceptors (Lipinski definition) is 4. The van der Waals surface area contributed by atoms with E-state index in [0.717, 1.165) is 51.5 Å². The van der Waals surface area contributed by atoms with Crippen molar-refractivity contribution in [3.8, 4) is 0 Å². The van der Waals surface area contributed by atoms with E-state index in [1.54, 1.807) is 0 Å². The molecule has 1 aromatic rings. The number of nitrogens with two attached hydrogens (primary N) is 1. The van der Waals surface area contributed by atoms with Gasteiger partial charge in [-0.3, -0.25) is 19.6 Å². The van der Waals surface area contributed by atoms with Crippen LogP contribution >= 0.6 is 24.0 Å². The Morgan fingerprint density at radius 3 is 2.55 bits per heavy atom. The molecule has 2 aliphatic heterocycles. The van der Waals surface area contributed by atoms with Gasteiger partial charge >= 0.3 is 0 Å². The molecule has 3 rings (SSSR count). The molecule has 1 atom stereocenters. The molecule has 0 bridgehead atoms. The van der Waals surface area contributed by atoms with Crippen molar-refractivity contribution in [3.63, 3.8) is 0 Å². The maximum absolute atomic E-state index is 11.1. The number of rotatable bonds is 7. The van der Waals surface area contributed by atoms with Crippen LogP contribution in [0.5, 0.6) is 0 Å². The van der Waals surface area contributed by atoms with Crippen molar-refractivity contribution in [2.45, 2.75) is 44.3 Å². The Labute approximate surface area is 191 Å². The van der Waals surface area contributed by atoms with Crippen molar-refractivity contribution in [1.29, 1.82) is 0 Å². The molecule has 7 nitrogen and oxygen atoms in total. The maximum Gasteiger partial charge on any atom is 0.231 e. The van der Waals surface area contributed by atoms with Crippen molar-refractivity contribution in [3.05, 3.63) is 35.9 Å². The average Bonchev–Trinajstić information content (AvgIpc) is 3.14. The molecule has 1 unspecified atom stereocenters. The molecule has 2 fully saturated rings. The molecule has 2 aliphatic rings. The lowest BCUT2D eigenvalue weighted by molar-refractivity contribution is -0.119. The van der Waals surface area contributed by atoms with E-state index >= 15 is 0 Å². The molecule has 0 aliphatic carbocycles. The van der Waals surface area contributed by atoms with Crippen LogP contribution < -0.4 is 16.4 Å². The topological polar surface area (TPSA) is 86.0 Å². The lowest BCUT2D eigenvalue weighted by Gasteiger charge is -2.32. The van der Waals surface area contributed by atoms with Crippen molar-refractivity contribution >= 4 is 35.8 Å². The van der Waals surface area contributed by atoms with Crippen LogP contribution in [0.25, 0.3) is 0 Å². The molecule has 1 amide bonds. The number of halogens is 1. The lowest BCUT2D eigenvalue weighted by Crippen LogP contribution is -2.51. The van der Waals surface area contributed by atoms with Gasteiger partial charge in [0.1, 0.15) is 0 Å². The second kappa shape index (κ2) is 12.3. The van der Waals surface area contributed by atoms with E-state index < -0.39 is 0 Å². The fourth-order valence-electron chi connectivity index (χ4n) is 4.21. The van der Waals surface area contributed by atoms with Crippen molar-refractivity contribution < 1.29 is 4.79 Å². The SMILES string of the molecule is CN=C(NCC1CCCN1Cc1ccccc1)NC1CCN(CC(N)=O)CC1.I. The summed E-state index contributed by atoms with van der Waals surface area (Å²) in [6.07, 6.45) is 4.47. The molecule has 29 heavy (non-hydrogen) atoms. The molecule has 2 saturated heterocycles. The van der Waals surface area contributed by atoms with Gasteiger partial charge < -0.3 is 16.4 Å². The average molecular weight is 514 g/mol. The standard InChI is InChI=1S/C21H34N6O.HI/c1-23-21(25-18-9-12-26(13-10-18)16-20(22)28)24-14-19-8-5-11-27(19)15-17-6-3-2-4-7-17;/h2-4,6-7,18-19H,5,8-16H2,1H3,(H2,22,28)(H2,23,24,25);1H. The molecule has 0 spiro atoms. The second-order valence-corrected chi connectivity index (χ2v) is 7.87. The minimum absolute atomic E-state index is 0. The fraction of sp³-hybridized carbons (Fsp3) is 0.619. The maximum atomic E-state index is 11.1. The quantitative estimate of drug-likeness (QED) is 0.291. The van der Waals surface area contributed by atoms with Gasteiger partial charge in [0, 0.05) is 45.3 Å². The number of carbonyl (C=O) groups excluding carboxylic acids is 1. The summed E-state index contributed by atoms with van der Waals surface area (Å²) in [5, 5.41) is 7.07. The van der Waals surface area contributed by atoms with Gasteiger partial charge in [0.15, 0.2) is 5.96 Å². The summed E-state index contributed by atoms with van der Waals surface area (Å²) in [6, 6.07) is 11.6. The van der Waals surface area contributed by atoms with E-state index in [0.29, 0.717) is 18.6 Å². The molecule has 8 heteroatoms. The third-order valence-electron chi connectivity index (χ3n) is 5.76. The highest BCUT2D eigenvalue weighted by Crippen LogP contribution is 2.19. The Bertz CT molecular complexity index is 648. The first kappa shape index (κ1) is 23.9. The molecule has 0 saturated carbocycles. The zero-order valence-electron chi connectivity index (χ0n) is 17.3. The highest BCUT2D eigenvalue weighted by atomic mass is 127. The monoisotopic (exact) mass is 514 g/mol. The summed E-state index contributed by atoms with van der Waals surface area (Å²) in [7, 11) is 1.83. The fourth-order valence-corrected chi connectivity index (χ4v) is 4.21. The van der Waals surface area contributed by atoms with Gasteiger partial charge in [-0.15, -0.1) is 24.0 Å². The number of piperidine rings is 1. The number of aliphatic imine (C=N–C) groups is 1. The molecule has 162 valence electrons. The van der Waals surface area contributed by atoms with Crippen molar-refractivity contribution in [2.24, 2.45) is 10.7 Å². The predicted molar refractivity (Wildman–Crippen MR) is 128 cm³/mol. The molecule has 4 N–H and O–H groups in total. The molecular weight excluding hydrogens is 479 g/mol. The van der Waals surface area contributed by atoms with Gasteiger partial charge in [-0.2, -0.15) is 0 Å². The van der Waals surface area contributed by atoms with Crippen LogP contribution in [0.2, 0.25) is 0 Å². The van der Waals surface area contributed by atoms with Crippen LogP contribution in [-0.2, 0) is 11.3 Å². The van der Waals surface area contributed by atoms with E-state index in [4.69, 9.17) is 5.73 Å². The largest absolute Gasteiger partial charge is 0.369 e. The van der Waals surface area contributed by atoms with Crippen LogP contribution in [0.1, 0.15) is 31.2 Å². The van der Waals surface area contributed by atoms with Crippen molar-refractivity contribution in [1.82, 2.24) is 20.4 Å². The number of likely N-dealkylation sites (tertiary alicyclic amines) is 2. The molecule has 2 heterocycles. The second-order valence-electron chi connectivity index (χ2n) is 7.87. The zero-order chi connectivity index (χ0) is 19.8. The summed E-state index contributed by atoms with van der Waals surface area (Å²) in [5.41, 5.74) is 6.66. The Morgan fingerprint density at radius 1 is 1.17 bits per heavy atom. The predicted octanol–water partition coefficient (Wildman–Crippen LogP) is 1.38. The first-order valence-electron chi connectivity index (χ1n) is 10.4. The number of hydrogen-bond donors (Lipinski definition) is 3. The summed E-state index contributed by atoms with van der Waals surface area (Å²) in [4.78, 5) is 20.2. The van der Waals surface area contributed by atoms with Gasteiger partial charge in [-0.25, -0.2) is 0 Å². The summed E-state index contributed by atoms with van der Waals surface area (Å²) < 4.78 is 0. The van der Waals surface area contributed by atoms with E-state index in [2.05, 4.69) is 55.8 Å². The van der Waals surface area contributed by atoms with E-state index in [9.17, 15) is 4.79 Å². The highest BCUT2D eigenvalue weighted by molar-refractivity contribution is 14.0. The third kappa shape index (κ3) is 7.75. The molecule has 0 radical (unpaired) electrons. The first-order valence-corrected chi connectivity index (χ1v) is 10.4. The Morgan fingerprint density at radius 2 is 1.90 bits per heavy atom. The van der Waals surface area contributed by atoms with Gasteiger partial charge in [0.2, 0.25) is 5.91 Å². The van der Waals surface area contributed by atoms with Crippen LogP contribution in [0.4, 0.5) is 0 Å². The van der Waals surface area contributed by atoms with Crippen LogP contribution in [0, 0.1) is 0 Å². The highest BCUT2D eigenvalue weighted by Gasteiger charge is 2.25. The normalized spacial score (nSPS) is 21.6. The Kier molecular flexibility index (Phi) is 10.2. The Hall–Kier alpha value is -1.39. The third-order valence-corrected chi connectivity index (χ3v) is 5.76. The molecule has 1 aromatic carbocycles. The Balaban J connectivity index is 0.00000300. The van der Waals surface area contributed by atoms with Crippen LogP contribution in [0.15, 0.2) is 35.3 Å². The van der Waals surface area contributed by atoms with Gasteiger partial charge in [-0.05, 0) is 37.8 Å². The van der Waals surface area contributed by atoms with E-state index in [-0.39, 0.29) is 29.9 Å². The number of nitrogens with zero attached hydrogens (tertiary/aromatic N) is 3. The van der Waals surface area contributed by atoms with E-state index in [1.165, 1.54) is 18.4 Å². The summed E-state index contributed by atoms with van der Waals surface area (Å²) in [5.74, 6) is 0.625. The zero-order valence-corrected chi connectivity index (χ0v) is 19.7. The number of carbonyl (C=O) groups is 1. The number of primary amides is 1. The summed E-state index contributed by atoms with van der Waals surface area (Å²) in [6.45, 7) is 5.23. The summed E-state index contributed by atoms with van der Waals surface area (Å²) >= 11 is 0. The van der Waals surface area contributed by atoms with Gasteiger partial charge in [0.25, 0.3) is 0 Å². The minimum Gasteiger partial charge on any atom is -0.369 e. The first-order chi connectivity index (χ1) is 13.6. The smallest absolute Gasteiger partial charge is 0.231 e. The van der Waals surface area contributed by atoms with Crippen LogP contribution in [-0.4, -0.2) is 73.5 Å². The minimum atomic E-state index is -0.250. The van der Waals surface area contributed by atoms with E-state index in [1.807, 2.05) is 7.05 Å². The van der Waals surface area contributed by atoms with Gasteiger partial charge in [0.05, 0.1) is 6.54 Å².